The molecule has 0 aliphatic heterocycles. The number of H-pyrrole nitrogens is 1. The van der Waals surface area contributed by atoms with Crippen LogP contribution in [0.15, 0.2) is 41.5 Å². The Balaban J connectivity index is 1.98. The third-order valence-electron chi connectivity index (χ3n) is 2.11. The highest BCUT2D eigenvalue weighted by Crippen LogP contribution is 1.96. The molecule has 86 valence electrons. The average molecular weight is 230 g/mol. The van der Waals surface area contributed by atoms with E-state index in [1.54, 1.807) is 24.5 Å². The second-order valence-corrected chi connectivity index (χ2v) is 3.34. The van der Waals surface area contributed by atoms with Crippen molar-refractivity contribution in [3.05, 3.63) is 58.3 Å². The Kier molecular flexibility index (Phi) is 3.25. The molecule has 0 spiro atoms. The topological polar surface area (TPSA) is 87.7 Å². The van der Waals surface area contributed by atoms with Crippen molar-refractivity contribution < 1.29 is 4.79 Å². The number of aromatic nitrogens is 3. The van der Waals surface area contributed by atoms with Crippen LogP contribution < -0.4 is 10.9 Å². The first-order chi connectivity index (χ1) is 8.25. The smallest absolute Gasteiger partial charge is 0.271 e. The number of aromatic amines is 1. The van der Waals surface area contributed by atoms with E-state index in [1.807, 2.05) is 0 Å². The van der Waals surface area contributed by atoms with E-state index in [1.165, 1.54) is 12.1 Å². The Morgan fingerprint density at radius 2 is 2.00 bits per heavy atom. The van der Waals surface area contributed by atoms with Gasteiger partial charge in [-0.3, -0.25) is 14.6 Å². The van der Waals surface area contributed by atoms with Crippen molar-refractivity contribution in [2.45, 2.75) is 6.54 Å². The molecule has 0 bridgehead atoms. The molecule has 17 heavy (non-hydrogen) atoms. The van der Waals surface area contributed by atoms with Gasteiger partial charge in [-0.1, -0.05) is 0 Å². The van der Waals surface area contributed by atoms with Gasteiger partial charge in [-0.15, -0.1) is 0 Å². The molecule has 0 fully saturated rings. The lowest BCUT2D eigenvalue weighted by molar-refractivity contribution is 0.0945. The van der Waals surface area contributed by atoms with Gasteiger partial charge in [-0.2, -0.15) is 5.10 Å². The minimum absolute atomic E-state index is 0.179. The Morgan fingerprint density at radius 1 is 1.24 bits per heavy atom. The lowest BCUT2D eigenvalue weighted by atomic mass is 10.2. The molecule has 0 aliphatic carbocycles. The highest BCUT2D eigenvalue weighted by atomic mass is 16.2. The zero-order valence-corrected chi connectivity index (χ0v) is 8.88. The molecule has 0 aromatic carbocycles. The van der Waals surface area contributed by atoms with E-state index in [2.05, 4.69) is 20.5 Å². The van der Waals surface area contributed by atoms with Crippen LogP contribution in [0.5, 0.6) is 0 Å². The van der Waals surface area contributed by atoms with Crippen molar-refractivity contribution in [2.24, 2.45) is 0 Å². The number of pyridine rings is 1. The Bertz CT molecular complexity index is 545. The molecule has 2 rings (SSSR count). The molecule has 0 aliphatic rings. The summed E-state index contributed by atoms with van der Waals surface area (Å²) in [4.78, 5) is 26.3. The quantitative estimate of drug-likeness (QED) is 0.782. The van der Waals surface area contributed by atoms with E-state index in [9.17, 15) is 9.59 Å². The molecule has 1 amide bonds. The molecule has 0 radical (unpaired) electrons. The summed E-state index contributed by atoms with van der Waals surface area (Å²) in [5.74, 6) is -0.335. The lowest BCUT2D eigenvalue weighted by Crippen LogP contribution is -2.25. The second-order valence-electron chi connectivity index (χ2n) is 3.34. The van der Waals surface area contributed by atoms with Crippen molar-refractivity contribution in [1.82, 2.24) is 20.5 Å². The van der Waals surface area contributed by atoms with Crippen molar-refractivity contribution in [3.8, 4) is 0 Å². The highest BCUT2D eigenvalue weighted by molar-refractivity contribution is 5.91. The Hall–Kier alpha value is -2.50. The van der Waals surface area contributed by atoms with Gasteiger partial charge in [0.25, 0.3) is 11.5 Å². The predicted octanol–water partition coefficient (Wildman–Crippen LogP) is 0.0949. The summed E-state index contributed by atoms with van der Waals surface area (Å²) in [6.07, 6.45) is 3.31. The number of nitrogens with zero attached hydrogens (tertiary/aromatic N) is 2. The van der Waals surface area contributed by atoms with Crippen molar-refractivity contribution in [3.63, 3.8) is 0 Å². The minimum Gasteiger partial charge on any atom is -0.347 e. The van der Waals surface area contributed by atoms with Gasteiger partial charge in [0.2, 0.25) is 0 Å². The Morgan fingerprint density at radius 3 is 2.65 bits per heavy atom. The number of hydrogen-bond acceptors (Lipinski definition) is 4. The SMILES string of the molecule is O=C(NCc1ccncc1)c1ccc(=O)[nH]n1. The normalized spacial score (nSPS) is 9.88. The largest absolute Gasteiger partial charge is 0.347 e. The van der Waals surface area contributed by atoms with E-state index >= 15 is 0 Å². The molecular formula is C11H10N4O2. The van der Waals surface area contributed by atoms with Gasteiger partial charge in [0.1, 0.15) is 5.69 Å². The van der Waals surface area contributed by atoms with Gasteiger partial charge in [-0.05, 0) is 23.8 Å². The molecule has 2 heterocycles. The van der Waals surface area contributed by atoms with Crippen LogP contribution in [0.1, 0.15) is 16.1 Å². The van der Waals surface area contributed by atoms with Crippen molar-refractivity contribution >= 4 is 5.91 Å². The average Bonchev–Trinajstić information content (AvgIpc) is 2.38. The van der Waals surface area contributed by atoms with Gasteiger partial charge >= 0.3 is 0 Å². The maximum Gasteiger partial charge on any atom is 0.271 e. The van der Waals surface area contributed by atoms with E-state index in [-0.39, 0.29) is 17.2 Å². The molecule has 2 aromatic rings. The van der Waals surface area contributed by atoms with Crippen LogP contribution in [0.2, 0.25) is 0 Å². The van der Waals surface area contributed by atoms with Gasteiger partial charge in [0.15, 0.2) is 0 Å². The summed E-state index contributed by atoms with van der Waals surface area (Å²) in [6, 6.07) is 6.25. The van der Waals surface area contributed by atoms with Crippen LogP contribution >= 0.6 is 0 Å². The van der Waals surface area contributed by atoms with Gasteiger partial charge in [-0.25, -0.2) is 5.10 Å². The van der Waals surface area contributed by atoms with Crippen molar-refractivity contribution in [1.29, 1.82) is 0 Å². The summed E-state index contributed by atoms with van der Waals surface area (Å²) < 4.78 is 0. The summed E-state index contributed by atoms with van der Waals surface area (Å²) in [7, 11) is 0. The van der Waals surface area contributed by atoms with Gasteiger partial charge < -0.3 is 5.32 Å². The number of nitrogens with one attached hydrogen (secondary N) is 2. The first-order valence-electron chi connectivity index (χ1n) is 4.98. The maximum absolute atomic E-state index is 11.6. The standard InChI is InChI=1S/C11H10N4O2/c16-10-2-1-9(14-15-10)11(17)13-7-8-3-5-12-6-4-8/h1-6H,7H2,(H,13,17)(H,15,16). The molecule has 6 heteroatoms. The third kappa shape index (κ3) is 2.97. The van der Waals surface area contributed by atoms with Gasteiger partial charge in [0, 0.05) is 25.0 Å². The molecule has 2 aromatic heterocycles. The lowest BCUT2D eigenvalue weighted by Gasteiger charge is -2.03. The first kappa shape index (κ1) is 11.0. The highest BCUT2D eigenvalue weighted by Gasteiger charge is 2.06. The van der Waals surface area contributed by atoms with Crippen LogP contribution in [0.4, 0.5) is 0 Å². The van der Waals surface area contributed by atoms with Gasteiger partial charge in [0.05, 0.1) is 0 Å². The second kappa shape index (κ2) is 5.02. The number of carbonyl (C=O) groups is 1. The van der Waals surface area contributed by atoms with E-state index in [4.69, 9.17) is 0 Å². The fourth-order valence-electron chi connectivity index (χ4n) is 1.24. The number of rotatable bonds is 3. The monoisotopic (exact) mass is 230 g/mol. The first-order valence-corrected chi connectivity index (χ1v) is 4.98. The fraction of sp³-hybridized carbons (Fsp3) is 0.0909. The summed E-state index contributed by atoms with van der Waals surface area (Å²) in [5, 5.41) is 8.51. The summed E-state index contributed by atoms with van der Waals surface area (Å²) in [5.41, 5.74) is 0.784. The molecule has 0 atom stereocenters. The number of carbonyl (C=O) groups excluding carboxylic acids is 1. The van der Waals surface area contributed by atoms with Crippen LogP contribution in [0.25, 0.3) is 0 Å². The van der Waals surface area contributed by atoms with E-state index < -0.39 is 0 Å². The van der Waals surface area contributed by atoms with Crippen LogP contribution in [0.3, 0.4) is 0 Å². The molecule has 0 saturated heterocycles. The fourth-order valence-corrected chi connectivity index (χ4v) is 1.24. The van der Waals surface area contributed by atoms with Crippen LogP contribution in [-0.4, -0.2) is 21.1 Å². The van der Waals surface area contributed by atoms with Crippen molar-refractivity contribution in [2.75, 3.05) is 0 Å². The molecular weight excluding hydrogens is 220 g/mol. The van der Waals surface area contributed by atoms with Crippen LogP contribution in [-0.2, 0) is 6.54 Å². The minimum atomic E-state index is -0.337. The van der Waals surface area contributed by atoms with Crippen LogP contribution in [0, 0.1) is 0 Å². The summed E-state index contributed by atoms with van der Waals surface area (Å²) in [6.45, 7) is 0.391. The summed E-state index contributed by atoms with van der Waals surface area (Å²) >= 11 is 0. The number of hydrogen-bond donors (Lipinski definition) is 2. The maximum atomic E-state index is 11.6. The Labute approximate surface area is 96.7 Å². The molecule has 0 saturated carbocycles. The molecule has 6 nitrogen and oxygen atoms in total. The predicted molar refractivity (Wildman–Crippen MR) is 60.3 cm³/mol. The van der Waals surface area contributed by atoms with E-state index in [0.29, 0.717) is 6.54 Å². The molecule has 0 unspecified atom stereocenters. The molecule has 2 N–H and O–H groups in total. The zero-order valence-electron chi connectivity index (χ0n) is 8.88. The third-order valence-corrected chi connectivity index (χ3v) is 2.11. The van der Waals surface area contributed by atoms with E-state index in [0.717, 1.165) is 5.56 Å². The zero-order chi connectivity index (χ0) is 12.1. The number of amides is 1.